The zero-order chi connectivity index (χ0) is 8.97. The maximum Gasteiger partial charge on any atom is 0.286 e. The molecule has 0 spiro atoms. The smallest absolute Gasteiger partial charge is 0.286 e. The number of rotatable bonds is 3. The molecule has 1 heterocycles. The molecule has 0 aliphatic heterocycles. The van der Waals surface area contributed by atoms with Crippen molar-refractivity contribution in [1.29, 1.82) is 0 Å². The molecule has 5 nitrogen and oxygen atoms in total. The molecule has 0 amide bonds. The summed E-state index contributed by atoms with van der Waals surface area (Å²) in [7, 11) is 0. The van der Waals surface area contributed by atoms with Crippen molar-refractivity contribution < 1.29 is 9.84 Å². The Balaban J connectivity index is 2.85. The van der Waals surface area contributed by atoms with E-state index >= 15 is 0 Å². The lowest BCUT2D eigenvalue weighted by Crippen LogP contribution is -2.11. The van der Waals surface area contributed by atoms with E-state index in [2.05, 4.69) is 10.2 Å². The summed E-state index contributed by atoms with van der Waals surface area (Å²) < 4.78 is 4.90. The Bertz CT molecular complexity index is 312. The Labute approximate surface area is 72.9 Å². The van der Waals surface area contributed by atoms with Crippen LogP contribution >= 0.6 is 11.6 Å². The van der Waals surface area contributed by atoms with Crippen LogP contribution in [0, 0.1) is 0 Å². The first-order valence-electron chi connectivity index (χ1n) is 3.22. The van der Waals surface area contributed by atoms with Gasteiger partial charge in [-0.15, -0.1) is 0 Å². The number of aromatic amines is 1. The van der Waals surface area contributed by atoms with Crippen molar-refractivity contribution in [2.24, 2.45) is 0 Å². The average Bonchev–Trinajstić information content (AvgIpc) is 2.08. The molecule has 2 N–H and O–H groups in total. The normalized spacial score (nSPS) is 9.83. The van der Waals surface area contributed by atoms with Gasteiger partial charge >= 0.3 is 0 Å². The van der Waals surface area contributed by atoms with Crippen LogP contribution in [0.2, 0.25) is 5.02 Å². The number of hydrogen-bond donors (Lipinski definition) is 2. The molecule has 1 aromatic rings. The van der Waals surface area contributed by atoms with Crippen molar-refractivity contribution in [3.63, 3.8) is 0 Å². The summed E-state index contributed by atoms with van der Waals surface area (Å²) in [6.45, 7) is -0.0476. The molecule has 0 atom stereocenters. The molecule has 0 bridgehead atoms. The van der Waals surface area contributed by atoms with Crippen LogP contribution in [0.3, 0.4) is 0 Å². The largest absolute Gasteiger partial charge is 0.488 e. The van der Waals surface area contributed by atoms with Gasteiger partial charge in [-0.1, -0.05) is 11.6 Å². The molecule has 6 heteroatoms. The van der Waals surface area contributed by atoms with Gasteiger partial charge in [-0.3, -0.25) is 4.79 Å². The minimum atomic E-state index is -0.507. The van der Waals surface area contributed by atoms with Gasteiger partial charge in [0.1, 0.15) is 6.61 Å². The standard InChI is InChI=1S/C6H7ClN2O3/c7-5-4(12-2-1-10)3-8-9-6(5)11/h3,10H,1-2H2,(H,9,11). The molecule has 12 heavy (non-hydrogen) atoms. The van der Waals surface area contributed by atoms with Crippen molar-refractivity contribution in [2.45, 2.75) is 0 Å². The van der Waals surface area contributed by atoms with E-state index < -0.39 is 5.56 Å². The van der Waals surface area contributed by atoms with Crippen LogP contribution in [0.4, 0.5) is 0 Å². The fraction of sp³-hybridized carbons (Fsp3) is 0.333. The number of nitrogens with one attached hydrogen (secondary N) is 1. The number of hydrogen-bond acceptors (Lipinski definition) is 4. The first kappa shape index (κ1) is 9.02. The van der Waals surface area contributed by atoms with Crippen LogP contribution in [-0.4, -0.2) is 28.5 Å². The lowest BCUT2D eigenvalue weighted by Gasteiger charge is -2.03. The molecular weight excluding hydrogens is 184 g/mol. The highest BCUT2D eigenvalue weighted by Gasteiger charge is 2.04. The summed E-state index contributed by atoms with van der Waals surface area (Å²) in [5.41, 5.74) is -0.507. The Kier molecular flexibility index (Phi) is 3.07. The summed E-state index contributed by atoms with van der Waals surface area (Å²) in [4.78, 5) is 10.8. The zero-order valence-electron chi connectivity index (χ0n) is 6.08. The third-order valence-electron chi connectivity index (χ3n) is 1.11. The van der Waals surface area contributed by atoms with Crippen LogP contribution < -0.4 is 10.3 Å². The summed E-state index contributed by atoms with van der Waals surface area (Å²) in [5.74, 6) is 0.175. The first-order valence-corrected chi connectivity index (χ1v) is 3.60. The fourth-order valence-electron chi connectivity index (χ4n) is 0.623. The monoisotopic (exact) mass is 190 g/mol. The lowest BCUT2D eigenvalue weighted by atomic mass is 10.5. The Morgan fingerprint density at radius 2 is 2.50 bits per heavy atom. The van der Waals surface area contributed by atoms with Crippen LogP contribution in [-0.2, 0) is 0 Å². The van der Waals surface area contributed by atoms with Gasteiger partial charge < -0.3 is 9.84 Å². The lowest BCUT2D eigenvalue weighted by molar-refractivity contribution is 0.200. The number of ether oxygens (including phenoxy) is 1. The molecular formula is C6H7ClN2O3. The van der Waals surface area contributed by atoms with Gasteiger partial charge in [0.2, 0.25) is 0 Å². The Hall–Kier alpha value is -1.07. The van der Waals surface area contributed by atoms with E-state index in [0.29, 0.717) is 0 Å². The quantitative estimate of drug-likeness (QED) is 0.692. The molecule has 0 aliphatic rings. The zero-order valence-corrected chi connectivity index (χ0v) is 6.84. The van der Waals surface area contributed by atoms with Gasteiger partial charge in [-0.05, 0) is 0 Å². The van der Waals surface area contributed by atoms with E-state index in [-0.39, 0.29) is 24.0 Å². The molecule has 0 aromatic carbocycles. The van der Waals surface area contributed by atoms with E-state index in [9.17, 15) is 4.79 Å². The van der Waals surface area contributed by atoms with Crippen LogP contribution in [0.5, 0.6) is 5.75 Å². The molecule has 0 aliphatic carbocycles. The Morgan fingerprint density at radius 1 is 1.75 bits per heavy atom. The number of H-pyrrole nitrogens is 1. The van der Waals surface area contributed by atoms with E-state index in [1.807, 2.05) is 0 Å². The number of halogens is 1. The highest BCUT2D eigenvalue weighted by Crippen LogP contribution is 2.16. The van der Waals surface area contributed by atoms with E-state index in [1.165, 1.54) is 6.20 Å². The van der Waals surface area contributed by atoms with Gasteiger partial charge in [-0.2, -0.15) is 5.10 Å². The first-order chi connectivity index (χ1) is 5.75. The molecule has 1 aromatic heterocycles. The molecule has 0 saturated heterocycles. The minimum absolute atomic E-state index is 0.0570. The highest BCUT2D eigenvalue weighted by atomic mass is 35.5. The summed E-state index contributed by atoms with van der Waals surface area (Å²) in [6.07, 6.45) is 1.28. The number of aromatic nitrogens is 2. The van der Waals surface area contributed by atoms with E-state index in [1.54, 1.807) is 0 Å². The molecule has 0 saturated carbocycles. The third kappa shape index (κ3) is 1.96. The molecule has 0 unspecified atom stereocenters. The minimum Gasteiger partial charge on any atom is -0.488 e. The predicted octanol–water partition coefficient (Wildman–Crippen LogP) is -0.206. The topological polar surface area (TPSA) is 75.2 Å². The van der Waals surface area contributed by atoms with Crippen LogP contribution in [0.25, 0.3) is 0 Å². The third-order valence-corrected chi connectivity index (χ3v) is 1.47. The van der Waals surface area contributed by atoms with Gasteiger partial charge in [-0.25, -0.2) is 5.10 Å². The van der Waals surface area contributed by atoms with Crippen molar-refractivity contribution in [2.75, 3.05) is 13.2 Å². The van der Waals surface area contributed by atoms with E-state index in [4.69, 9.17) is 21.4 Å². The van der Waals surface area contributed by atoms with Gasteiger partial charge in [0.15, 0.2) is 10.8 Å². The average molecular weight is 191 g/mol. The number of aliphatic hydroxyl groups is 1. The molecule has 1 rings (SSSR count). The Morgan fingerprint density at radius 3 is 3.17 bits per heavy atom. The van der Waals surface area contributed by atoms with Gasteiger partial charge in [0.05, 0.1) is 12.8 Å². The maximum atomic E-state index is 10.8. The van der Waals surface area contributed by atoms with Crippen LogP contribution in [0.1, 0.15) is 0 Å². The number of aliphatic hydroxyl groups excluding tert-OH is 1. The highest BCUT2D eigenvalue weighted by molar-refractivity contribution is 6.31. The second kappa shape index (κ2) is 4.08. The number of nitrogens with zero attached hydrogens (tertiary/aromatic N) is 1. The summed E-state index contributed by atoms with van der Waals surface area (Å²) in [6, 6.07) is 0. The maximum absolute atomic E-state index is 10.8. The second-order valence-electron chi connectivity index (χ2n) is 1.95. The SMILES string of the molecule is O=c1[nH]ncc(OCCO)c1Cl. The summed E-state index contributed by atoms with van der Waals surface area (Å²) in [5, 5.41) is 14.0. The summed E-state index contributed by atoms with van der Waals surface area (Å²) >= 11 is 5.54. The predicted molar refractivity (Wildman–Crippen MR) is 42.4 cm³/mol. The second-order valence-corrected chi connectivity index (χ2v) is 2.33. The van der Waals surface area contributed by atoms with E-state index in [0.717, 1.165) is 0 Å². The van der Waals surface area contributed by atoms with Gasteiger partial charge in [0, 0.05) is 0 Å². The molecule has 0 fully saturated rings. The van der Waals surface area contributed by atoms with Gasteiger partial charge in [0.25, 0.3) is 5.56 Å². The molecule has 0 radical (unpaired) electrons. The van der Waals surface area contributed by atoms with Crippen LogP contribution in [0.15, 0.2) is 11.0 Å². The molecule has 66 valence electrons. The van der Waals surface area contributed by atoms with Crippen molar-refractivity contribution in [3.8, 4) is 5.75 Å². The fourth-order valence-corrected chi connectivity index (χ4v) is 0.769. The van der Waals surface area contributed by atoms with Crippen molar-refractivity contribution >= 4 is 11.6 Å². The van der Waals surface area contributed by atoms with Crippen molar-refractivity contribution in [3.05, 3.63) is 21.6 Å². The van der Waals surface area contributed by atoms with Crippen molar-refractivity contribution in [1.82, 2.24) is 10.2 Å².